The molecule has 0 radical (unpaired) electrons. The molecule has 0 unspecified atom stereocenters. The normalized spacial score (nSPS) is 22.2. The Kier molecular flexibility index (Phi) is 5.44. The summed E-state index contributed by atoms with van der Waals surface area (Å²) < 4.78 is 10.9. The van der Waals surface area contributed by atoms with Crippen molar-refractivity contribution < 1.29 is 23.9 Å². The molecule has 146 valence electrons. The molecule has 1 aliphatic carbocycles. The molecule has 0 bridgehead atoms. The van der Waals surface area contributed by atoms with E-state index >= 15 is 0 Å². The zero-order valence-electron chi connectivity index (χ0n) is 15.9. The third-order valence-corrected chi connectivity index (χ3v) is 6.29. The van der Waals surface area contributed by atoms with Crippen LogP contribution in [0, 0.1) is 10.8 Å². The van der Waals surface area contributed by atoms with Crippen molar-refractivity contribution in [3.8, 4) is 0 Å². The quantitative estimate of drug-likeness (QED) is 0.380. The van der Waals surface area contributed by atoms with Gasteiger partial charge in [0.05, 0.1) is 19.6 Å². The summed E-state index contributed by atoms with van der Waals surface area (Å²) in [7, 11) is 2.44. The fourth-order valence-corrected chi connectivity index (χ4v) is 4.79. The predicted molar refractivity (Wildman–Crippen MR) is 107 cm³/mol. The molecule has 0 N–H and O–H groups in total. The van der Waals surface area contributed by atoms with Crippen LogP contribution in [-0.2, 0) is 19.1 Å². The molecule has 0 spiro atoms. The van der Waals surface area contributed by atoms with Crippen LogP contribution >= 0.6 is 15.9 Å². The lowest BCUT2D eigenvalue weighted by Crippen LogP contribution is -2.37. The number of benzene rings is 2. The van der Waals surface area contributed by atoms with E-state index in [0.29, 0.717) is 11.1 Å². The van der Waals surface area contributed by atoms with Gasteiger partial charge in [0, 0.05) is 16.0 Å². The SMILES string of the molecule is CC[C@@]1(C(=O)c2ccccc2)[C@H](c2ccc(Br)cc2)C1(C(=O)OC)C(=O)OC. The van der Waals surface area contributed by atoms with Gasteiger partial charge in [-0.15, -0.1) is 0 Å². The summed E-state index contributed by atoms with van der Waals surface area (Å²) in [6.07, 6.45) is 0.283. The third-order valence-electron chi connectivity index (χ3n) is 5.76. The molecular formula is C22H21BrO5. The van der Waals surface area contributed by atoms with Crippen LogP contribution in [-0.4, -0.2) is 31.9 Å². The van der Waals surface area contributed by atoms with Crippen molar-refractivity contribution in [1.82, 2.24) is 0 Å². The minimum Gasteiger partial charge on any atom is -0.468 e. The Balaban J connectivity index is 2.26. The zero-order valence-corrected chi connectivity index (χ0v) is 17.5. The number of methoxy groups -OCH3 is 2. The van der Waals surface area contributed by atoms with Crippen molar-refractivity contribution in [1.29, 1.82) is 0 Å². The second-order valence-corrected chi connectivity index (χ2v) is 7.71. The van der Waals surface area contributed by atoms with E-state index in [2.05, 4.69) is 15.9 Å². The Labute approximate surface area is 172 Å². The van der Waals surface area contributed by atoms with Gasteiger partial charge in [-0.25, -0.2) is 0 Å². The van der Waals surface area contributed by atoms with E-state index in [1.165, 1.54) is 14.2 Å². The number of hydrogen-bond acceptors (Lipinski definition) is 5. The first-order valence-corrected chi connectivity index (χ1v) is 9.73. The highest BCUT2D eigenvalue weighted by Crippen LogP contribution is 2.77. The summed E-state index contributed by atoms with van der Waals surface area (Å²) in [4.78, 5) is 39.6. The fraction of sp³-hybridized carbons (Fsp3) is 0.318. The molecule has 1 aliphatic rings. The molecule has 2 aromatic carbocycles. The van der Waals surface area contributed by atoms with Gasteiger partial charge in [-0.05, 0) is 24.1 Å². The summed E-state index contributed by atoms with van der Waals surface area (Å²) >= 11 is 3.39. The van der Waals surface area contributed by atoms with E-state index in [4.69, 9.17) is 9.47 Å². The van der Waals surface area contributed by atoms with Crippen LogP contribution in [0.15, 0.2) is 59.1 Å². The lowest BCUT2D eigenvalue weighted by molar-refractivity contribution is -0.163. The Hall–Kier alpha value is -2.47. The lowest BCUT2D eigenvalue weighted by atomic mass is 9.83. The molecular weight excluding hydrogens is 424 g/mol. The van der Waals surface area contributed by atoms with Gasteiger partial charge in [-0.2, -0.15) is 0 Å². The number of ketones is 1. The van der Waals surface area contributed by atoms with Crippen molar-refractivity contribution >= 4 is 33.7 Å². The average Bonchev–Trinajstić information content (AvgIpc) is 3.38. The van der Waals surface area contributed by atoms with Gasteiger partial charge in [0.1, 0.15) is 0 Å². The molecule has 6 heteroatoms. The van der Waals surface area contributed by atoms with Crippen LogP contribution in [0.2, 0.25) is 0 Å². The van der Waals surface area contributed by atoms with Gasteiger partial charge in [0.25, 0.3) is 0 Å². The van der Waals surface area contributed by atoms with E-state index in [9.17, 15) is 14.4 Å². The summed E-state index contributed by atoms with van der Waals surface area (Å²) in [5.41, 5.74) is -1.83. The molecule has 28 heavy (non-hydrogen) atoms. The number of esters is 2. The molecule has 0 amide bonds. The molecule has 1 saturated carbocycles. The molecule has 1 fully saturated rings. The number of Topliss-reactive ketones (excluding diaryl/α,β-unsaturated/α-hetero) is 1. The van der Waals surface area contributed by atoms with Gasteiger partial charge in [0.2, 0.25) is 0 Å². The summed E-state index contributed by atoms with van der Waals surface area (Å²) in [6, 6.07) is 16.0. The predicted octanol–water partition coefficient (Wildman–Crippen LogP) is 4.16. The third kappa shape index (κ3) is 2.62. The largest absolute Gasteiger partial charge is 0.468 e. The maximum Gasteiger partial charge on any atom is 0.324 e. The molecule has 2 aromatic rings. The molecule has 2 atom stereocenters. The average molecular weight is 445 g/mol. The standard InChI is InChI=1S/C22H21BrO5/c1-4-21(18(24)15-8-6-5-7-9-15)17(14-10-12-16(23)13-11-14)22(21,19(25)27-2)20(26)28-3/h5-13,17H,4H2,1-3H3/t17-,21-/m0/s1. The number of carbonyl (C=O) groups excluding carboxylic acids is 3. The monoisotopic (exact) mass is 444 g/mol. The first-order chi connectivity index (χ1) is 13.4. The van der Waals surface area contributed by atoms with Crippen LogP contribution in [0.4, 0.5) is 0 Å². The molecule has 0 heterocycles. The minimum absolute atomic E-state index is 0.265. The Morgan fingerprint density at radius 1 is 0.929 bits per heavy atom. The van der Waals surface area contributed by atoms with E-state index < -0.39 is 28.7 Å². The van der Waals surface area contributed by atoms with E-state index in [1.807, 2.05) is 30.3 Å². The second-order valence-electron chi connectivity index (χ2n) is 6.80. The summed E-state index contributed by atoms with van der Waals surface area (Å²) in [5.74, 6) is -2.44. The van der Waals surface area contributed by atoms with Gasteiger partial charge in [-0.3, -0.25) is 14.4 Å². The summed E-state index contributed by atoms with van der Waals surface area (Å²) in [5, 5.41) is 0. The Bertz CT molecular complexity index is 890. The van der Waals surface area contributed by atoms with Crippen molar-refractivity contribution in [2.45, 2.75) is 19.3 Å². The topological polar surface area (TPSA) is 69.7 Å². The van der Waals surface area contributed by atoms with E-state index in [1.54, 1.807) is 31.2 Å². The van der Waals surface area contributed by atoms with Crippen molar-refractivity contribution in [3.05, 3.63) is 70.2 Å². The van der Waals surface area contributed by atoms with Crippen LogP contribution in [0.25, 0.3) is 0 Å². The first-order valence-electron chi connectivity index (χ1n) is 8.93. The highest BCUT2D eigenvalue weighted by Gasteiger charge is 2.88. The number of ether oxygens (including phenoxy) is 2. The van der Waals surface area contributed by atoms with Crippen molar-refractivity contribution in [2.24, 2.45) is 10.8 Å². The maximum absolute atomic E-state index is 13.6. The van der Waals surface area contributed by atoms with Gasteiger partial charge >= 0.3 is 11.9 Å². The highest BCUT2D eigenvalue weighted by molar-refractivity contribution is 9.10. The van der Waals surface area contributed by atoms with Crippen LogP contribution in [0.1, 0.15) is 35.2 Å². The van der Waals surface area contributed by atoms with Crippen LogP contribution in [0.5, 0.6) is 0 Å². The van der Waals surface area contributed by atoms with Crippen molar-refractivity contribution in [3.63, 3.8) is 0 Å². The zero-order chi connectivity index (χ0) is 20.5. The van der Waals surface area contributed by atoms with Gasteiger partial charge in [0.15, 0.2) is 11.2 Å². The molecule has 0 aliphatic heterocycles. The fourth-order valence-electron chi connectivity index (χ4n) is 4.53. The Morgan fingerprint density at radius 3 is 1.93 bits per heavy atom. The van der Waals surface area contributed by atoms with E-state index in [-0.39, 0.29) is 12.2 Å². The Morgan fingerprint density at radius 2 is 1.46 bits per heavy atom. The minimum atomic E-state index is -1.72. The molecule has 5 nitrogen and oxygen atoms in total. The molecule has 0 aromatic heterocycles. The second kappa shape index (κ2) is 7.51. The maximum atomic E-state index is 13.6. The number of halogens is 1. The smallest absolute Gasteiger partial charge is 0.324 e. The number of carbonyl (C=O) groups is 3. The van der Waals surface area contributed by atoms with E-state index in [0.717, 1.165) is 4.47 Å². The molecule has 0 saturated heterocycles. The highest BCUT2D eigenvalue weighted by atomic mass is 79.9. The van der Waals surface area contributed by atoms with Crippen molar-refractivity contribution in [2.75, 3.05) is 14.2 Å². The summed E-state index contributed by atoms with van der Waals surface area (Å²) in [6.45, 7) is 1.81. The van der Waals surface area contributed by atoms with Crippen LogP contribution in [0.3, 0.4) is 0 Å². The first kappa shape index (κ1) is 20.3. The molecule has 3 rings (SSSR count). The number of rotatable bonds is 6. The lowest BCUT2D eigenvalue weighted by Gasteiger charge is -2.20. The number of hydrogen-bond donors (Lipinski definition) is 0. The van der Waals surface area contributed by atoms with Gasteiger partial charge < -0.3 is 9.47 Å². The van der Waals surface area contributed by atoms with Crippen LogP contribution < -0.4 is 0 Å². The van der Waals surface area contributed by atoms with Gasteiger partial charge in [-0.1, -0.05) is 65.3 Å².